The molecule has 0 spiro atoms. The second kappa shape index (κ2) is 8.27. The molecule has 0 aliphatic carbocycles. The van der Waals surface area contributed by atoms with Crippen molar-refractivity contribution in [1.82, 2.24) is 4.98 Å². The standard InChI is InChI=1S/C26H23NO2/c1-2-3-6-18-9-11-19(12-10-18)20-13-15-21(16-14-20)25-17-23(26(28)29)22-7-4-5-8-24(22)27-25/h4-5,7-17H,2-3,6H2,1H3,(H,28,29). The topological polar surface area (TPSA) is 50.2 Å². The molecule has 0 amide bonds. The van der Waals surface area contributed by atoms with Crippen LogP contribution in [0.4, 0.5) is 0 Å². The molecule has 3 aromatic carbocycles. The zero-order chi connectivity index (χ0) is 20.2. The molecule has 0 aliphatic rings. The van der Waals surface area contributed by atoms with Crippen LogP contribution in [-0.4, -0.2) is 16.1 Å². The Morgan fingerprint density at radius 2 is 1.48 bits per heavy atom. The molecule has 3 heteroatoms. The fourth-order valence-electron chi connectivity index (χ4n) is 3.58. The molecule has 4 aromatic rings. The number of para-hydroxylation sites is 1. The minimum atomic E-state index is -0.940. The van der Waals surface area contributed by atoms with Crippen LogP contribution < -0.4 is 0 Å². The van der Waals surface area contributed by atoms with Gasteiger partial charge in [0, 0.05) is 10.9 Å². The highest BCUT2D eigenvalue weighted by Crippen LogP contribution is 2.28. The van der Waals surface area contributed by atoms with Crippen molar-refractivity contribution in [3.63, 3.8) is 0 Å². The first-order valence-corrected chi connectivity index (χ1v) is 9.98. The summed E-state index contributed by atoms with van der Waals surface area (Å²) in [6, 6.07) is 25.9. The number of carbonyl (C=O) groups is 1. The third-order valence-electron chi connectivity index (χ3n) is 5.23. The normalized spacial score (nSPS) is 10.9. The number of rotatable bonds is 6. The van der Waals surface area contributed by atoms with Crippen molar-refractivity contribution in [1.29, 1.82) is 0 Å². The van der Waals surface area contributed by atoms with Gasteiger partial charge in [-0.15, -0.1) is 0 Å². The first-order valence-electron chi connectivity index (χ1n) is 9.98. The number of carboxylic acids is 1. The van der Waals surface area contributed by atoms with E-state index in [1.165, 1.54) is 24.0 Å². The van der Waals surface area contributed by atoms with Crippen molar-refractivity contribution in [3.05, 3.63) is 90.0 Å². The maximum absolute atomic E-state index is 11.7. The number of unbranched alkanes of at least 4 members (excludes halogenated alkanes) is 1. The van der Waals surface area contributed by atoms with Crippen LogP contribution in [0.15, 0.2) is 78.9 Å². The molecule has 0 unspecified atom stereocenters. The van der Waals surface area contributed by atoms with Crippen molar-refractivity contribution in [3.8, 4) is 22.4 Å². The van der Waals surface area contributed by atoms with Gasteiger partial charge in [0.15, 0.2) is 0 Å². The number of aromatic carboxylic acids is 1. The van der Waals surface area contributed by atoms with Crippen LogP contribution in [0.2, 0.25) is 0 Å². The molecule has 0 fully saturated rings. The van der Waals surface area contributed by atoms with Crippen LogP contribution in [0.1, 0.15) is 35.7 Å². The summed E-state index contributed by atoms with van der Waals surface area (Å²) in [5.41, 5.74) is 6.22. The highest BCUT2D eigenvalue weighted by atomic mass is 16.4. The predicted octanol–water partition coefficient (Wildman–Crippen LogP) is 6.61. The second-order valence-corrected chi connectivity index (χ2v) is 7.26. The summed E-state index contributed by atoms with van der Waals surface area (Å²) < 4.78 is 0. The van der Waals surface area contributed by atoms with E-state index >= 15 is 0 Å². The van der Waals surface area contributed by atoms with Gasteiger partial charge in [-0.2, -0.15) is 0 Å². The number of aryl methyl sites for hydroxylation is 1. The summed E-state index contributed by atoms with van der Waals surface area (Å²) >= 11 is 0. The first kappa shape index (κ1) is 18.9. The minimum absolute atomic E-state index is 0.275. The summed E-state index contributed by atoms with van der Waals surface area (Å²) in [6.07, 6.45) is 3.54. The molecule has 1 heterocycles. The van der Waals surface area contributed by atoms with Gasteiger partial charge in [-0.3, -0.25) is 0 Å². The molecule has 1 aromatic heterocycles. The molecule has 0 radical (unpaired) electrons. The van der Waals surface area contributed by atoms with Crippen molar-refractivity contribution in [2.75, 3.05) is 0 Å². The van der Waals surface area contributed by atoms with Crippen LogP contribution in [-0.2, 0) is 6.42 Å². The summed E-state index contributed by atoms with van der Waals surface area (Å²) in [7, 11) is 0. The average molecular weight is 381 g/mol. The summed E-state index contributed by atoms with van der Waals surface area (Å²) in [5.74, 6) is -0.940. The number of pyridine rings is 1. The third kappa shape index (κ3) is 4.04. The number of hydrogen-bond donors (Lipinski definition) is 1. The van der Waals surface area contributed by atoms with Gasteiger partial charge in [0.1, 0.15) is 0 Å². The lowest BCUT2D eigenvalue weighted by Gasteiger charge is -2.09. The van der Waals surface area contributed by atoms with Crippen LogP contribution >= 0.6 is 0 Å². The Balaban J connectivity index is 1.65. The molecule has 0 saturated carbocycles. The van der Waals surface area contributed by atoms with Gasteiger partial charge in [0.25, 0.3) is 0 Å². The average Bonchev–Trinajstić information content (AvgIpc) is 2.77. The molecular formula is C26H23NO2. The van der Waals surface area contributed by atoms with Crippen LogP contribution in [0.25, 0.3) is 33.3 Å². The monoisotopic (exact) mass is 381 g/mol. The van der Waals surface area contributed by atoms with Crippen molar-refractivity contribution in [2.24, 2.45) is 0 Å². The van der Waals surface area contributed by atoms with Gasteiger partial charge in [-0.25, -0.2) is 9.78 Å². The summed E-state index contributed by atoms with van der Waals surface area (Å²) in [5, 5.41) is 10.3. The van der Waals surface area contributed by atoms with E-state index in [2.05, 4.69) is 48.3 Å². The van der Waals surface area contributed by atoms with E-state index in [0.29, 0.717) is 16.6 Å². The maximum atomic E-state index is 11.7. The lowest BCUT2D eigenvalue weighted by molar-refractivity contribution is 0.0699. The van der Waals surface area contributed by atoms with Crippen LogP contribution in [0.5, 0.6) is 0 Å². The number of carboxylic acid groups (broad SMARTS) is 1. The molecule has 1 N–H and O–H groups in total. The smallest absolute Gasteiger partial charge is 0.336 e. The summed E-state index contributed by atoms with van der Waals surface area (Å²) in [6.45, 7) is 2.21. The molecule has 4 rings (SSSR count). The zero-order valence-electron chi connectivity index (χ0n) is 16.4. The van der Waals surface area contributed by atoms with E-state index in [4.69, 9.17) is 0 Å². The molecule has 144 valence electrons. The predicted molar refractivity (Wildman–Crippen MR) is 118 cm³/mol. The lowest BCUT2D eigenvalue weighted by atomic mass is 9.99. The fraction of sp³-hybridized carbons (Fsp3) is 0.154. The largest absolute Gasteiger partial charge is 0.478 e. The van der Waals surface area contributed by atoms with Crippen molar-refractivity contribution >= 4 is 16.9 Å². The Kier molecular flexibility index (Phi) is 5.39. The Bertz CT molecular complexity index is 1150. The third-order valence-corrected chi connectivity index (χ3v) is 5.23. The Morgan fingerprint density at radius 1 is 0.862 bits per heavy atom. The number of fused-ring (bicyclic) bond motifs is 1. The van der Waals surface area contributed by atoms with Gasteiger partial charge < -0.3 is 5.11 Å². The molecule has 0 atom stereocenters. The zero-order valence-corrected chi connectivity index (χ0v) is 16.4. The van der Waals surface area contributed by atoms with E-state index in [-0.39, 0.29) is 5.56 Å². The maximum Gasteiger partial charge on any atom is 0.336 e. The molecule has 0 bridgehead atoms. The number of hydrogen-bond acceptors (Lipinski definition) is 2. The highest BCUT2D eigenvalue weighted by Gasteiger charge is 2.12. The van der Waals surface area contributed by atoms with Gasteiger partial charge >= 0.3 is 5.97 Å². The molecule has 0 aliphatic heterocycles. The number of aromatic nitrogens is 1. The Labute approximate surface area is 170 Å². The molecule has 0 saturated heterocycles. The number of nitrogens with zero attached hydrogens (tertiary/aromatic N) is 1. The van der Waals surface area contributed by atoms with E-state index in [0.717, 1.165) is 17.5 Å². The Morgan fingerprint density at radius 3 is 2.14 bits per heavy atom. The van der Waals surface area contributed by atoms with Crippen LogP contribution in [0, 0.1) is 0 Å². The summed E-state index contributed by atoms with van der Waals surface area (Å²) in [4.78, 5) is 16.4. The van der Waals surface area contributed by atoms with E-state index in [1.807, 2.05) is 30.3 Å². The fourth-order valence-corrected chi connectivity index (χ4v) is 3.58. The lowest BCUT2D eigenvalue weighted by Crippen LogP contribution is -2.00. The van der Waals surface area contributed by atoms with E-state index in [1.54, 1.807) is 12.1 Å². The van der Waals surface area contributed by atoms with Crippen LogP contribution in [0.3, 0.4) is 0 Å². The van der Waals surface area contributed by atoms with Gasteiger partial charge in [-0.05, 0) is 41.7 Å². The van der Waals surface area contributed by atoms with Crippen molar-refractivity contribution < 1.29 is 9.90 Å². The number of benzene rings is 3. The van der Waals surface area contributed by atoms with Gasteiger partial charge in [0.2, 0.25) is 0 Å². The molecule has 29 heavy (non-hydrogen) atoms. The second-order valence-electron chi connectivity index (χ2n) is 7.26. The first-order chi connectivity index (χ1) is 14.2. The quantitative estimate of drug-likeness (QED) is 0.409. The van der Waals surface area contributed by atoms with Gasteiger partial charge in [0.05, 0.1) is 16.8 Å². The minimum Gasteiger partial charge on any atom is -0.478 e. The SMILES string of the molecule is CCCCc1ccc(-c2ccc(-c3cc(C(=O)O)c4ccccc4n3)cc2)cc1. The molecule has 3 nitrogen and oxygen atoms in total. The van der Waals surface area contributed by atoms with E-state index in [9.17, 15) is 9.90 Å². The van der Waals surface area contributed by atoms with Crippen molar-refractivity contribution in [2.45, 2.75) is 26.2 Å². The van der Waals surface area contributed by atoms with E-state index < -0.39 is 5.97 Å². The molecular weight excluding hydrogens is 358 g/mol. The van der Waals surface area contributed by atoms with Gasteiger partial charge in [-0.1, -0.05) is 80.1 Å². The highest BCUT2D eigenvalue weighted by molar-refractivity contribution is 6.03. The Hall–Kier alpha value is -3.46.